The molecular weight excluding hydrogens is 388 g/mol. The monoisotopic (exact) mass is 425 g/mol. The molecule has 2 aliphatic rings. The van der Waals surface area contributed by atoms with Gasteiger partial charge in [-0.2, -0.15) is 5.10 Å². The molecule has 4 rings (SSSR count). The Labute approximate surface area is 186 Å². The molecule has 6 heteroatoms. The van der Waals surface area contributed by atoms with Gasteiger partial charge in [0, 0.05) is 30.6 Å². The normalized spacial score (nSPS) is 16.6. The highest BCUT2D eigenvalue weighted by molar-refractivity contribution is 5.76. The van der Waals surface area contributed by atoms with Gasteiger partial charge in [0.25, 0.3) is 0 Å². The van der Waals surface area contributed by atoms with Crippen LogP contribution in [-0.4, -0.2) is 53.4 Å². The number of benzene rings is 1. The molecule has 1 amide bonds. The second-order valence-electron chi connectivity index (χ2n) is 9.57. The van der Waals surface area contributed by atoms with Crippen LogP contribution in [0.25, 0.3) is 0 Å². The fourth-order valence-corrected chi connectivity index (χ4v) is 4.90. The van der Waals surface area contributed by atoms with Crippen molar-refractivity contribution in [3.8, 4) is 5.75 Å². The first-order chi connectivity index (χ1) is 14.9. The first kappa shape index (κ1) is 21.9. The van der Waals surface area contributed by atoms with E-state index in [1.54, 1.807) is 4.90 Å². The predicted octanol–water partition coefficient (Wildman–Crippen LogP) is 1.95. The highest BCUT2D eigenvalue weighted by Crippen LogP contribution is 2.25. The Balaban J connectivity index is 1.26. The highest BCUT2D eigenvalue weighted by Gasteiger charge is 2.25. The molecule has 1 aromatic heterocycles. The summed E-state index contributed by atoms with van der Waals surface area (Å²) in [5, 5.41) is 4.69. The van der Waals surface area contributed by atoms with Gasteiger partial charge < -0.3 is 14.5 Å². The fourth-order valence-electron chi connectivity index (χ4n) is 4.90. The van der Waals surface area contributed by atoms with Crippen molar-refractivity contribution in [1.82, 2.24) is 14.7 Å². The number of carbonyl (C=O) groups is 1. The van der Waals surface area contributed by atoms with E-state index in [9.17, 15) is 4.79 Å². The molecule has 6 nitrogen and oxygen atoms in total. The smallest absolute Gasteiger partial charge is 0.223 e. The fraction of sp³-hybridized carbons (Fsp3) is 0.600. The third-order valence-electron chi connectivity index (χ3n) is 6.69. The zero-order valence-corrected chi connectivity index (χ0v) is 19.5. The minimum atomic E-state index is 0.282. The van der Waals surface area contributed by atoms with Crippen LogP contribution in [0.3, 0.4) is 0 Å². The Morgan fingerprint density at radius 2 is 2.00 bits per heavy atom. The van der Waals surface area contributed by atoms with Gasteiger partial charge in [-0.15, -0.1) is 0 Å². The van der Waals surface area contributed by atoms with Crippen molar-refractivity contribution in [3.05, 3.63) is 46.3 Å². The van der Waals surface area contributed by atoms with Crippen LogP contribution >= 0.6 is 0 Å². The quantitative estimate of drug-likeness (QED) is 0.738. The minimum Gasteiger partial charge on any atom is -0.493 e. The summed E-state index contributed by atoms with van der Waals surface area (Å²) in [7, 11) is 0. The van der Waals surface area contributed by atoms with E-state index in [0.717, 1.165) is 70.2 Å². The topological polar surface area (TPSA) is 51.8 Å². The molecule has 0 saturated carbocycles. The molecule has 1 aromatic carbocycles. The standard InChI is InChI=1S/C25H36N4O2/c1-18(2)16-29-20(4)23(19(3)26-29)6-8-25(30)28-12-10-27(11-13-28)17-21-5-7-24-22(15-21)9-14-31-24/h5,7,15,18H,6,8-14,16-17H2,1-4H3/p+1. The molecule has 0 spiro atoms. The van der Waals surface area contributed by atoms with Crippen molar-refractivity contribution in [1.29, 1.82) is 0 Å². The third kappa shape index (κ3) is 5.12. The molecule has 0 radical (unpaired) electrons. The average molecular weight is 426 g/mol. The van der Waals surface area contributed by atoms with Gasteiger partial charge in [0.2, 0.25) is 5.91 Å². The van der Waals surface area contributed by atoms with E-state index in [1.165, 1.54) is 22.4 Å². The van der Waals surface area contributed by atoms with Gasteiger partial charge in [0.15, 0.2) is 0 Å². The van der Waals surface area contributed by atoms with E-state index >= 15 is 0 Å². The molecule has 0 aliphatic carbocycles. The van der Waals surface area contributed by atoms with Crippen LogP contribution in [-0.2, 0) is 30.7 Å². The maximum atomic E-state index is 12.8. The molecule has 31 heavy (non-hydrogen) atoms. The number of aryl methyl sites for hydroxylation is 1. The lowest BCUT2D eigenvalue weighted by atomic mass is 10.1. The summed E-state index contributed by atoms with van der Waals surface area (Å²) in [6, 6.07) is 6.61. The predicted molar refractivity (Wildman–Crippen MR) is 121 cm³/mol. The largest absolute Gasteiger partial charge is 0.493 e. The summed E-state index contributed by atoms with van der Waals surface area (Å²) in [5.41, 5.74) is 6.25. The zero-order valence-electron chi connectivity index (χ0n) is 19.5. The molecule has 0 atom stereocenters. The molecule has 3 heterocycles. The number of nitrogens with one attached hydrogen (secondary N) is 1. The van der Waals surface area contributed by atoms with Crippen molar-refractivity contribution in [3.63, 3.8) is 0 Å². The Kier molecular flexibility index (Phi) is 6.65. The molecule has 0 bridgehead atoms. The summed E-state index contributed by atoms with van der Waals surface area (Å²) in [6.45, 7) is 15.1. The van der Waals surface area contributed by atoms with Gasteiger partial charge in [0.05, 0.1) is 38.5 Å². The minimum absolute atomic E-state index is 0.282. The number of fused-ring (bicyclic) bond motifs is 1. The molecule has 1 saturated heterocycles. The molecule has 0 unspecified atom stereocenters. The number of ether oxygens (including phenoxy) is 1. The lowest BCUT2D eigenvalue weighted by molar-refractivity contribution is -0.917. The third-order valence-corrected chi connectivity index (χ3v) is 6.69. The number of piperazine rings is 1. The van der Waals surface area contributed by atoms with E-state index < -0.39 is 0 Å². The summed E-state index contributed by atoms with van der Waals surface area (Å²) < 4.78 is 7.72. The van der Waals surface area contributed by atoms with Crippen LogP contribution in [0, 0.1) is 19.8 Å². The highest BCUT2D eigenvalue weighted by atomic mass is 16.5. The SMILES string of the molecule is Cc1nn(CC(C)C)c(C)c1CCC(=O)N1CC[NH+](Cc2ccc3c(c2)CCO3)CC1. The van der Waals surface area contributed by atoms with Gasteiger partial charge in [-0.05, 0) is 55.5 Å². The summed E-state index contributed by atoms with van der Waals surface area (Å²) >= 11 is 0. The van der Waals surface area contributed by atoms with Crippen LogP contribution < -0.4 is 9.64 Å². The molecule has 1 fully saturated rings. The maximum absolute atomic E-state index is 12.8. The van der Waals surface area contributed by atoms with Gasteiger partial charge in [-0.25, -0.2) is 0 Å². The van der Waals surface area contributed by atoms with E-state index in [1.807, 2.05) is 0 Å². The Hall–Kier alpha value is -2.34. The second kappa shape index (κ2) is 9.43. The molecular formula is C25H37N4O2+. The molecule has 1 N–H and O–H groups in total. The average Bonchev–Trinajstić information content (AvgIpc) is 3.30. The van der Waals surface area contributed by atoms with Gasteiger partial charge in [-0.3, -0.25) is 9.48 Å². The summed E-state index contributed by atoms with van der Waals surface area (Å²) in [6.07, 6.45) is 2.39. The summed E-state index contributed by atoms with van der Waals surface area (Å²) in [5.74, 6) is 1.90. The zero-order chi connectivity index (χ0) is 22.0. The van der Waals surface area contributed by atoms with Crippen LogP contribution in [0.15, 0.2) is 18.2 Å². The van der Waals surface area contributed by atoms with Gasteiger partial charge >= 0.3 is 0 Å². The number of quaternary nitrogens is 1. The van der Waals surface area contributed by atoms with Crippen molar-refractivity contribution in [2.45, 2.75) is 60.0 Å². The second-order valence-corrected chi connectivity index (χ2v) is 9.57. The lowest BCUT2D eigenvalue weighted by Crippen LogP contribution is -3.13. The first-order valence-corrected chi connectivity index (χ1v) is 11.8. The number of hydrogen-bond acceptors (Lipinski definition) is 3. The Bertz CT molecular complexity index is 926. The number of rotatable bonds is 7. The van der Waals surface area contributed by atoms with E-state index in [2.05, 4.69) is 55.5 Å². The number of carbonyl (C=O) groups excluding carboxylic acids is 1. The Morgan fingerprint density at radius 3 is 2.74 bits per heavy atom. The van der Waals surface area contributed by atoms with E-state index in [4.69, 9.17) is 9.84 Å². The number of aromatic nitrogens is 2. The molecule has 168 valence electrons. The van der Waals surface area contributed by atoms with Crippen LogP contribution in [0.4, 0.5) is 0 Å². The lowest BCUT2D eigenvalue weighted by Gasteiger charge is -2.32. The van der Waals surface area contributed by atoms with Gasteiger partial charge in [0.1, 0.15) is 12.3 Å². The van der Waals surface area contributed by atoms with Crippen LogP contribution in [0.1, 0.15) is 48.3 Å². The molecule has 2 aromatic rings. The maximum Gasteiger partial charge on any atom is 0.223 e. The first-order valence-electron chi connectivity index (χ1n) is 11.8. The van der Waals surface area contributed by atoms with Crippen molar-refractivity contribution < 1.29 is 14.4 Å². The van der Waals surface area contributed by atoms with Crippen molar-refractivity contribution in [2.24, 2.45) is 5.92 Å². The number of hydrogen-bond donors (Lipinski definition) is 1. The van der Waals surface area contributed by atoms with Crippen LogP contribution in [0.5, 0.6) is 5.75 Å². The van der Waals surface area contributed by atoms with Crippen molar-refractivity contribution in [2.75, 3.05) is 32.8 Å². The number of amides is 1. The number of nitrogens with zero attached hydrogens (tertiary/aromatic N) is 3. The Morgan fingerprint density at radius 1 is 1.23 bits per heavy atom. The van der Waals surface area contributed by atoms with Crippen molar-refractivity contribution >= 4 is 5.91 Å². The van der Waals surface area contributed by atoms with E-state index in [0.29, 0.717) is 12.3 Å². The molecule has 2 aliphatic heterocycles. The van der Waals surface area contributed by atoms with Crippen LogP contribution in [0.2, 0.25) is 0 Å². The summed E-state index contributed by atoms with van der Waals surface area (Å²) in [4.78, 5) is 16.5. The van der Waals surface area contributed by atoms with E-state index in [-0.39, 0.29) is 5.91 Å². The van der Waals surface area contributed by atoms with Gasteiger partial charge in [-0.1, -0.05) is 13.8 Å².